The zero-order valence-electron chi connectivity index (χ0n) is 13.4. The summed E-state index contributed by atoms with van der Waals surface area (Å²) in [5.41, 5.74) is -0.932. The fourth-order valence-electron chi connectivity index (χ4n) is 2.00. The van der Waals surface area contributed by atoms with Crippen LogP contribution in [0.4, 0.5) is 0 Å². The summed E-state index contributed by atoms with van der Waals surface area (Å²) in [6.45, 7) is 0. The molecule has 0 aliphatic carbocycles. The molecule has 2 heterocycles. The second-order valence-corrected chi connectivity index (χ2v) is 7.34. The molecule has 0 amide bonds. The number of benzene rings is 1. The molecule has 0 fully saturated rings. The maximum Gasteiger partial charge on any atom is 0.226 e. The monoisotopic (exact) mass is 390 g/mol. The van der Waals surface area contributed by atoms with Crippen molar-refractivity contribution in [3.8, 4) is 11.5 Å². The highest BCUT2D eigenvalue weighted by Crippen LogP contribution is 2.29. The minimum Gasteiger partial charge on any atom is -0.502 e. The molecule has 0 aliphatic heterocycles. The van der Waals surface area contributed by atoms with Crippen LogP contribution in [0.3, 0.4) is 0 Å². The van der Waals surface area contributed by atoms with E-state index in [1.165, 1.54) is 35.7 Å². The predicted octanol–water partition coefficient (Wildman–Crippen LogP) is 3.59. The Balaban J connectivity index is 1.62. The van der Waals surface area contributed by atoms with Crippen LogP contribution in [-0.4, -0.2) is 10.2 Å². The van der Waals surface area contributed by atoms with E-state index in [9.17, 15) is 19.8 Å². The van der Waals surface area contributed by atoms with Gasteiger partial charge in [-0.25, -0.2) is 0 Å². The van der Waals surface area contributed by atoms with Gasteiger partial charge in [0.15, 0.2) is 11.5 Å². The molecule has 0 saturated heterocycles. The van der Waals surface area contributed by atoms with Gasteiger partial charge < -0.3 is 19.0 Å². The first-order valence-corrected chi connectivity index (χ1v) is 9.45. The first-order chi connectivity index (χ1) is 12.5. The van der Waals surface area contributed by atoms with Crippen LogP contribution in [0.25, 0.3) is 0 Å². The van der Waals surface area contributed by atoms with Gasteiger partial charge in [0.2, 0.25) is 10.9 Å². The molecule has 6 nitrogen and oxygen atoms in total. The summed E-state index contributed by atoms with van der Waals surface area (Å²) in [4.78, 5) is 24.8. The van der Waals surface area contributed by atoms with Crippen molar-refractivity contribution in [3.05, 3.63) is 80.9 Å². The molecule has 0 atom stereocenters. The molecular weight excluding hydrogens is 376 g/mol. The summed E-state index contributed by atoms with van der Waals surface area (Å²) in [7, 11) is 0. The number of hydrogen-bond donors (Lipinski definition) is 2. The smallest absolute Gasteiger partial charge is 0.226 e. The lowest BCUT2D eigenvalue weighted by atomic mass is 10.4. The van der Waals surface area contributed by atoms with Crippen LogP contribution in [0.1, 0.15) is 11.5 Å². The van der Waals surface area contributed by atoms with Crippen molar-refractivity contribution in [2.45, 2.75) is 21.3 Å². The number of thioether (sulfide) groups is 2. The van der Waals surface area contributed by atoms with Crippen LogP contribution in [0.5, 0.6) is 11.5 Å². The fraction of sp³-hybridized carbons (Fsp3) is 0.111. The lowest BCUT2D eigenvalue weighted by molar-refractivity contribution is 0.419. The first kappa shape index (κ1) is 18.2. The topological polar surface area (TPSA) is 101 Å². The van der Waals surface area contributed by atoms with E-state index in [1.807, 2.05) is 24.3 Å². The fourth-order valence-corrected chi connectivity index (χ4v) is 3.77. The van der Waals surface area contributed by atoms with E-state index in [-0.39, 0.29) is 0 Å². The van der Waals surface area contributed by atoms with Gasteiger partial charge in [-0.3, -0.25) is 9.59 Å². The van der Waals surface area contributed by atoms with Crippen LogP contribution in [0, 0.1) is 0 Å². The Morgan fingerprint density at radius 3 is 1.65 bits per heavy atom. The highest BCUT2D eigenvalue weighted by molar-refractivity contribution is 7.99. The summed E-state index contributed by atoms with van der Waals surface area (Å²) in [6, 6.07) is 10.3. The van der Waals surface area contributed by atoms with Gasteiger partial charge in [0.05, 0.1) is 11.5 Å². The third-order valence-corrected chi connectivity index (χ3v) is 5.33. The van der Waals surface area contributed by atoms with E-state index in [0.29, 0.717) is 23.0 Å². The number of aromatic hydroxyl groups is 2. The molecule has 2 N–H and O–H groups in total. The van der Waals surface area contributed by atoms with Gasteiger partial charge in [0.1, 0.15) is 24.0 Å². The zero-order valence-corrected chi connectivity index (χ0v) is 15.0. The normalized spacial score (nSPS) is 10.8. The van der Waals surface area contributed by atoms with E-state index in [0.717, 1.165) is 22.3 Å². The second-order valence-electron chi connectivity index (χ2n) is 5.24. The van der Waals surface area contributed by atoms with Crippen molar-refractivity contribution >= 4 is 23.5 Å². The summed E-state index contributed by atoms with van der Waals surface area (Å²) in [5.74, 6) is 1.05. The zero-order chi connectivity index (χ0) is 18.5. The van der Waals surface area contributed by atoms with E-state index in [2.05, 4.69) is 0 Å². The molecule has 8 heteroatoms. The molecular formula is C18H14O6S2. The summed E-state index contributed by atoms with van der Waals surface area (Å²) in [5, 5.41) is 18.4. The lowest BCUT2D eigenvalue weighted by Gasteiger charge is -2.05. The molecule has 3 aromatic rings. The highest BCUT2D eigenvalue weighted by atomic mass is 32.2. The molecule has 3 rings (SSSR count). The molecule has 0 aliphatic rings. The van der Waals surface area contributed by atoms with Gasteiger partial charge in [0.25, 0.3) is 0 Å². The molecule has 2 aromatic heterocycles. The SMILES string of the molecule is O=c1cc(CSc2cccc(SCc3cc(=O)c(O)co3)c2)occ1O. The predicted molar refractivity (Wildman–Crippen MR) is 98.8 cm³/mol. The Kier molecular flexibility index (Phi) is 5.75. The van der Waals surface area contributed by atoms with Crippen LogP contribution < -0.4 is 10.9 Å². The van der Waals surface area contributed by atoms with Crippen molar-refractivity contribution in [1.82, 2.24) is 0 Å². The van der Waals surface area contributed by atoms with E-state index in [4.69, 9.17) is 8.83 Å². The summed E-state index contributed by atoms with van der Waals surface area (Å²) >= 11 is 2.99. The third kappa shape index (κ3) is 4.74. The second kappa shape index (κ2) is 8.20. The number of hydrogen-bond acceptors (Lipinski definition) is 8. The average molecular weight is 390 g/mol. The van der Waals surface area contributed by atoms with Gasteiger partial charge in [-0.05, 0) is 18.2 Å². The van der Waals surface area contributed by atoms with Crippen molar-refractivity contribution in [3.63, 3.8) is 0 Å². The molecule has 0 bridgehead atoms. The van der Waals surface area contributed by atoms with Crippen LogP contribution in [0.2, 0.25) is 0 Å². The van der Waals surface area contributed by atoms with Gasteiger partial charge in [0, 0.05) is 21.9 Å². The van der Waals surface area contributed by atoms with Crippen molar-refractivity contribution in [2.24, 2.45) is 0 Å². The van der Waals surface area contributed by atoms with Gasteiger partial charge in [-0.15, -0.1) is 23.5 Å². The summed E-state index contributed by atoms with van der Waals surface area (Å²) < 4.78 is 10.4. The average Bonchev–Trinajstić information content (AvgIpc) is 2.64. The molecule has 1 aromatic carbocycles. The Bertz CT molecular complexity index is 946. The third-order valence-electron chi connectivity index (χ3n) is 3.30. The highest BCUT2D eigenvalue weighted by Gasteiger charge is 2.06. The Morgan fingerprint density at radius 1 is 0.769 bits per heavy atom. The minimum absolute atomic E-state index is 0.405. The van der Waals surface area contributed by atoms with Gasteiger partial charge in [-0.2, -0.15) is 0 Å². The Labute approximate surface area is 156 Å². The van der Waals surface area contributed by atoms with Crippen LogP contribution in [-0.2, 0) is 11.5 Å². The minimum atomic E-state index is -0.466. The van der Waals surface area contributed by atoms with Crippen LogP contribution >= 0.6 is 23.5 Å². The standard InChI is InChI=1S/C18H14O6S2/c19-15-4-11(23-7-17(15)21)9-25-13-2-1-3-14(6-13)26-10-12-5-16(20)18(22)8-24-12/h1-8,21-22H,9-10H2. The molecule has 0 saturated carbocycles. The van der Waals surface area contributed by atoms with Gasteiger partial charge in [-0.1, -0.05) is 6.07 Å². The molecule has 0 spiro atoms. The molecule has 134 valence electrons. The maximum atomic E-state index is 11.4. The molecule has 0 radical (unpaired) electrons. The number of rotatable bonds is 6. The largest absolute Gasteiger partial charge is 0.502 e. The first-order valence-electron chi connectivity index (χ1n) is 7.48. The van der Waals surface area contributed by atoms with Crippen LogP contribution in [0.15, 0.2) is 77.1 Å². The maximum absolute atomic E-state index is 11.4. The van der Waals surface area contributed by atoms with Gasteiger partial charge >= 0.3 is 0 Å². The quantitative estimate of drug-likeness (QED) is 0.616. The Hall–Kier alpha value is -2.58. The lowest BCUT2D eigenvalue weighted by Crippen LogP contribution is -1.99. The van der Waals surface area contributed by atoms with Crippen molar-refractivity contribution in [2.75, 3.05) is 0 Å². The molecule has 0 unspecified atom stereocenters. The molecule has 26 heavy (non-hydrogen) atoms. The summed E-state index contributed by atoms with van der Waals surface area (Å²) in [6.07, 6.45) is 2.08. The Morgan fingerprint density at radius 2 is 1.23 bits per heavy atom. The van der Waals surface area contributed by atoms with Crippen molar-refractivity contribution < 1.29 is 19.0 Å². The van der Waals surface area contributed by atoms with E-state index < -0.39 is 22.4 Å². The van der Waals surface area contributed by atoms with E-state index in [1.54, 1.807) is 0 Å². The van der Waals surface area contributed by atoms with Crippen molar-refractivity contribution in [1.29, 1.82) is 0 Å². The van der Waals surface area contributed by atoms with E-state index >= 15 is 0 Å².